The van der Waals surface area contributed by atoms with Crippen molar-refractivity contribution in [3.63, 3.8) is 0 Å². The molecule has 1 heterocycles. The SMILES string of the molecule is COC(=O)c1nc(-c2ccc(F)c(F)c2)oc1C(=O)OC. The molecule has 0 aliphatic heterocycles. The quantitative estimate of drug-likeness (QED) is 0.808. The van der Waals surface area contributed by atoms with Crippen molar-refractivity contribution in [1.82, 2.24) is 4.98 Å². The maximum absolute atomic E-state index is 13.2. The Morgan fingerprint density at radius 3 is 2.33 bits per heavy atom. The van der Waals surface area contributed by atoms with Crippen molar-refractivity contribution in [1.29, 1.82) is 0 Å². The van der Waals surface area contributed by atoms with Crippen molar-refractivity contribution in [3.8, 4) is 11.5 Å². The van der Waals surface area contributed by atoms with Gasteiger partial charge in [0.1, 0.15) is 0 Å². The summed E-state index contributed by atoms with van der Waals surface area (Å²) in [7, 11) is 2.18. The average molecular weight is 297 g/mol. The Balaban J connectivity index is 2.55. The molecule has 2 rings (SSSR count). The maximum Gasteiger partial charge on any atom is 0.376 e. The van der Waals surface area contributed by atoms with Gasteiger partial charge < -0.3 is 13.9 Å². The summed E-state index contributed by atoms with van der Waals surface area (Å²) in [5, 5.41) is 0. The Labute approximate surface area is 117 Å². The van der Waals surface area contributed by atoms with Crippen LogP contribution < -0.4 is 0 Å². The zero-order chi connectivity index (χ0) is 15.6. The van der Waals surface area contributed by atoms with Crippen LogP contribution in [-0.4, -0.2) is 31.1 Å². The molecule has 0 bridgehead atoms. The van der Waals surface area contributed by atoms with Crippen LogP contribution >= 0.6 is 0 Å². The molecule has 110 valence electrons. The van der Waals surface area contributed by atoms with Crippen LogP contribution in [0.5, 0.6) is 0 Å². The number of hydrogen-bond donors (Lipinski definition) is 0. The van der Waals surface area contributed by atoms with Gasteiger partial charge in [-0.1, -0.05) is 0 Å². The lowest BCUT2D eigenvalue weighted by molar-refractivity contribution is 0.0527. The van der Waals surface area contributed by atoms with Gasteiger partial charge in [0.05, 0.1) is 14.2 Å². The summed E-state index contributed by atoms with van der Waals surface area (Å²) in [4.78, 5) is 26.8. The fourth-order valence-electron chi connectivity index (χ4n) is 1.54. The van der Waals surface area contributed by atoms with Crippen molar-refractivity contribution < 1.29 is 32.3 Å². The highest BCUT2D eigenvalue weighted by molar-refractivity contribution is 6.00. The molecular weight excluding hydrogens is 288 g/mol. The van der Waals surface area contributed by atoms with Crippen LogP contribution in [0.2, 0.25) is 0 Å². The molecule has 6 nitrogen and oxygen atoms in total. The van der Waals surface area contributed by atoms with Crippen LogP contribution in [0.3, 0.4) is 0 Å². The lowest BCUT2D eigenvalue weighted by Crippen LogP contribution is -2.10. The van der Waals surface area contributed by atoms with Gasteiger partial charge >= 0.3 is 11.9 Å². The number of hydrogen-bond acceptors (Lipinski definition) is 6. The molecule has 0 spiro atoms. The van der Waals surface area contributed by atoms with Crippen molar-refractivity contribution >= 4 is 11.9 Å². The van der Waals surface area contributed by atoms with Gasteiger partial charge in [-0.25, -0.2) is 23.4 Å². The molecule has 0 unspecified atom stereocenters. The zero-order valence-electron chi connectivity index (χ0n) is 11.0. The molecule has 0 fully saturated rings. The third-order valence-corrected chi connectivity index (χ3v) is 2.54. The molecule has 0 amide bonds. The van der Waals surface area contributed by atoms with E-state index in [2.05, 4.69) is 14.5 Å². The number of methoxy groups -OCH3 is 2. The molecule has 0 aliphatic rings. The molecule has 2 aromatic rings. The van der Waals surface area contributed by atoms with E-state index < -0.39 is 35.0 Å². The number of nitrogens with zero attached hydrogens (tertiary/aromatic N) is 1. The van der Waals surface area contributed by atoms with Crippen molar-refractivity contribution in [3.05, 3.63) is 41.3 Å². The molecule has 21 heavy (non-hydrogen) atoms. The van der Waals surface area contributed by atoms with Crippen LogP contribution in [0, 0.1) is 11.6 Å². The van der Waals surface area contributed by atoms with Crippen LogP contribution in [0.1, 0.15) is 21.0 Å². The monoisotopic (exact) mass is 297 g/mol. The molecule has 0 N–H and O–H groups in total. The van der Waals surface area contributed by atoms with Gasteiger partial charge in [-0.2, -0.15) is 0 Å². The lowest BCUT2D eigenvalue weighted by Gasteiger charge is -1.97. The van der Waals surface area contributed by atoms with Gasteiger partial charge in [0, 0.05) is 5.56 Å². The predicted octanol–water partition coefficient (Wildman–Crippen LogP) is 2.19. The van der Waals surface area contributed by atoms with E-state index in [9.17, 15) is 18.4 Å². The highest BCUT2D eigenvalue weighted by Gasteiger charge is 2.27. The van der Waals surface area contributed by atoms with Crippen LogP contribution in [0.25, 0.3) is 11.5 Å². The van der Waals surface area contributed by atoms with E-state index in [1.165, 1.54) is 6.07 Å². The molecule has 0 radical (unpaired) electrons. The Hall–Kier alpha value is -2.77. The second-order valence-corrected chi connectivity index (χ2v) is 3.81. The molecule has 0 saturated heterocycles. The standard InChI is InChI=1S/C13H9F2NO5/c1-19-12(17)9-10(13(18)20-2)21-11(16-9)6-3-4-7(14)8(15)5-6/h3-5H,1-2H3. The van der Waals surface area contributed by atoms with Crippen LogP contribution in [-0.2, 0) is 9.47 Å². The minimum atomic E-state index is -1.12. The highest BCUT2D eigenvalue weighted by Crippen LogP contribution is 2.24. The summed E-state index contributed by atoms with van der Waals surface area (Å²) in [5.74, 6) is -4.76. The maximum atomic E-state index is 13.2. The number of halogens is 2. The van der Waals surface area contributed by atoms with E-state index in [0.29, 0.717) is 0 Å². The van der Waals surface area contributed by atoms with Gasteiger partial charge in [-0.15, -0.1) is 0 Å². The third kappa shape index (κ3) is 2.73. The second-order valence-electron chi connectivity index (χ2n) is 3.81. The smallest absolute Gasteiger partial charge is 0.376 e. The minimum Gasteiger partial charge on any atom is -0.464 e. The van der Waals surface area contributed by atoms with E-state index in [-0.39, 0.29) is 11.5 Å². The predicted molar refractivity (Wildman–Crippen MR) is 64.5 cm³/mol. The summed E-state index contributed by atoms with van der Waals surface area (Å²) in [6.45, 7) is 0. The Kier molecular flexibility index (Phi) is 3.97. The van der Waals surface area contributed by atoms with E-state index in [1.807, 2.05) is 0 Å². The third-order valence-electron chi connectivity index (χ3n) is 2.54. The van der Waals surface area contributed by atoms with Crippen molar-refractivity contribution in [2.75, 3.05) is 14.2 Å². The largest absolute Gasteiger partial charge is 0.464 e. The van der Waals surface area contributed by atoms with Crippen molar-refractivity contribution in [2.45, 2.75) is 0 Å². The number of oxazole rings is 1. The number of carbonyl (C=O) groups is 2. The van der Waals surface area contributed by atoms with Gasteiger partial charge in [0.2, 0.25) is 17.3 Å². The van der Waals surface area contributed by atoms with E-state index in [0.717, 1.165) is 26.4 Å². The normalized spacial score (nSPS) is 10.3. The van der Waals surface area contributed by atoms with Gasteiger partial charge in [0.25, 0.3) is 0 Å². The topological polar surface area (TPSA) is 78.6 Å². The second kappa shape index (κ2) is 5.70. The van der Waals surface area contributed by atoms with E-state index in [1.54, 1.807) is 0 Å². The summed E-state index contributed by atoms with van der Waals surface area (Å²) in [6.07, 6.45) is 0. The van der Waals surface area contributed by atoms with Crippen molar-refractivity contribution in [2.24, 2.45) is 0 Å². The van der Waals surface area contributed by atoms with Crippen LogP contribution in [0.4, 0.5) is 8.78 Å². The molecule has 0 saturated carbocycles. The molecule has 1 aromatic heterocycles. The summed E-state index contributed by atoms with van der Waals surface area (Å²) < 4.78 is 40.1. The molecule has 1 aromatic carbocycles. The number of benzene rings is 1. The zero-order valence-corrected chi connectivity index (χ0v) is 11.0. The molecule has 8 heteroatoms. The number of aromatic nitrogens is 1. The van der Waals surface area contributed by atoms with Gasteiger partial charge in [-0.05, 0) is 18.2 Å². The highest BCUT2D eigenvalue weighted by atomic mass is 19.2. The number of carbonyl (C=O) groups excluding carboxylic acids is 2. The first-order valence-corrected chi connectivity index (χ1v) is 5.60. The first-order chi connectivity index (χ1) is 9.97. The van der Waals surface area contributed by atoms with Crippen LogP contribution in [0.15, 0.2) is 22.6 Å². The Bertz CT molecular complexity index is 677. The fourth-order valence-corrected chi connectivity index (χ4v) is 1.54. The number of rotatable bonds is 3. The number of ether oxygens (including phenoxy) is 2. The minimum absolute atomic E-state index is 0.0502. The summed E-state index contributed by atoms with van der Waals surface area (Å²) >= 11 is 0. The lowest BCUT2D eigenvalue weighted by atomic mass is 10.2. The summed E-state index contributed by atoms with van der Waals surface area (Å²) in [6, 6.07) is 2.88. The number of esters is 2. The first-order valence-electron chi connectivity index (χ1n) is 5.60. The average Bonchev–Trinajstić information content (AvgIpc) is 2.93. The van der Waals surface area contributed by atoms with E-state index >= 15 is 0 Å². The fraction of sp³-hybridized carbons (Fsp3) is 0.154. The summed E-state index contributed by atoms with van der Waals surface area (Å²) in [5.41, 5.74) is -0.363. The molecule has 0 atom stereocenters. The van der Waals surface area contributed by atoms with Gasteiger partial charge in [0.15, 0.2) is 11.6 Å². The molecular formula is C13H9F2NO5. The Morgan fingerprint density at radius 1 is 1.10 bits per heavy atom. The first kappa shape index (κ1) is 14.6. The molecule has 0 aliphatic carbocycles. The Morgan fingerprint density at radius 2 is 1.76 bits per heavy atom. The van der Waals surface area contributed by atoms with E-state index in [4.69, 9.17) is 4.42 Å². The van der Waals surface area contributed by atoms with Gasteiger partial charge in [-0.3, -0.25) is 0 Å².